The van der Waals surface area contributed by atoms with Gasteiger partial charge in [-0.3, -0.25) is 4.79 Å². The highest BCUT2D eigenvalue weighted by Gasteiger charge is 2.25. The third kappa shape index (κ3) is 7.58. The van der Waals surface area contributed by atoms with E-state index in [0.29, 0.717) is 13.2 Å². The Kier molecular flexibility index (Phi) is 9.50. The Morgan fingerprint density at radius 2 is 2.18 bits per heavy atom. The monoisotopic (exact) mass is 264 g/mol. The van der Waals surface area contributed by atoms with Crippen molar-refractivity contribution in [1.82, 2.24) is 10.2 Å². The molecule has 1 aliphatic carbocycles. The highest BCUT2D eigenvalue weighted by Crippen LogP contribution is 2.29. The summed E-state index contributed by atoms with van der Waals surface area (Å²) in [6.45, 7) is 5.80. The Hall–Kier alpha value is -0.320. The number of rotatable bonds is 9. The molecule has 0 bridgehead atoms. The molecule has 1 aliphatic rings. The fraction of sp³-hybridized carbons (Fsp3) is 0.917. The second kappa shape index (κ2) is 9.68. The van der Waals surface area contributed by atoms with Crippen LogP contribution in [0.15, 0.2) is 0 Å². The fourth-order valence-corrected chi connectivity index (χ4v) is 1.68. The van der Waals surface area contributed by atoms with E-state index < -0.39 is 0 Å². The molecule has 0 aromatic carbocycles. The Bertz CT molecular complexity index is 211. The number of halogens is 1. The molecule has 0 aromatic rings. The minimum absolute atomic E-state index is 0. The number of hydrogen-bond donors (Lipinski definition) is 1. The second-order valence-electron chi connectivity index (χ2n) is 4.45. The molecule has 1 saturated carbocycles. The smallest absolute Gasteiger partial charge is 0.236 e. The predicted octanol–water partition coefficient (Wildman–Crippen LogP) is 1.29. The lowest BCUT2D eigenvalue weighted by molar-refractivity contribution is -0.130. The van der Waals surface area contributed by atoms with Crippen LogP contribution >= 0.6 is 12.4 Å². The van der Waals surface area contributed by atoms with Crippen molar-refractivity contribution >= 4 is 18.3 Å². The number of carbonyl (C=O) groups excluding carboxylic acids is 1. The van der Waals surface area contributed by atoms with Crippen molar-refractivity contribution < 1.29 is 9.53 Å². The first-order chi connectivity index (χ1) is 7.77. The van der Waals surface area contributed by atoms with E-state index in [1.165, 1.54) is 12.8 Å². The van der Waals surface area contributed by atoms with Crippen LogP contribution in [0.2, 0.25) is 0 Å². The Morgan fingerprint density at radius 1 is 1.47 bits per heavy atom. The standard InChI is InChI=1S/C12H24N2O2.ClH/c1-3-7-14(10-11-4-5-11)12(15)9-13-6-8-16-2;/h11,13H,3-10H2,1-2H3;1H. The van der Waals surface area contributed by atoms with Crippen molar-refractivity contribution in [3.05, 3.63) is 0 Å². The summed E-state index contributed by atoms with van der Waals surface area (Å²) in [5, 5.41) is 3.10. The molecule has 1 amide bonds. The van der Waals surface area contributed by atoms with Gasteiger partial charge in [0.1, 0.15) is 0 Å². The molecule has 102 valence electrons. The molecule has 0 heterocycles. The molecule has 17 heavy (non-hydrogen) atoms. The summed E-state index contributed by atoms with van der Waals surface area (Å²) >= 11 is 0. The Balaban J connectivity index is 0.00000256. The lowest BCUT2D eigenvalue weighted by atomic mass is 10.3. The maximum absolute atomic E-state index is 11.9. The van der Waals surface area contributed by atoms with Crippen LogP contribution in [-0.4, -0.2) is 50.7 Å². The summed E-state index contributed by atoms with van der Waals surface area (Å²) in [6, 6.07) is 0. The number of carbonyl (C=O) groups is 1. The maximum Gasteiger partial charge on any atom is 0.236 e. The van der Waals surface area contributed by atoms with Gasteiger partial charge in [-0.05, 0) is 25.2 Å². The lowest BCUT2D eigenvalue weighted by Crippen LogP contribution is -2.40. The van der Waals surface area contributed by atoms with Crippen molar-refractivity contribution in [2.75, 3.05) is 39.9 Å². The van der Waals surface area contributed by atoms with Gasteiger partial charge in [-0.2, -0.15) is 0 Å². The molecule has 0 saturated heterocycles. The Labute approximate surface area is 110 Å². The average Bonchev–Trinajstić information content (AvgIpc) is 3.07. The van der Waals surface area contributed by atoms with E-state index in [-0.39, 0.29) is 18.3 Å². The van der Waals surface area contributed by atoms with Gasteiger partial charge >= 0.3 is 0 Å². The number of nitrogens with one attached hydrogen (secondary N) is 1. The van der Waals surface area contributed by atoms with Crippen LogP contribution in [0.5, 0.6) is 0 Å². The van der Waals surface area contributed by atoms with Crippen LogP contribution in [0.25, 0.3) is 0 Å². The zero-order valence-electron chi connectivity index (χ0n) is 10.9. The molecule has 0 aromatic heterocycles. The average molecular weight is 265 g/mol. The van der Waals surface area contributed by atoms with Crippen LogP contribution in [0.4, 0.5) is 0 Å². The highest BCUT2D eigenvalue weighted by atomic mass is 35.5. The van der Waals surface area contributed by atoms with E-state index in [9.17, 15) is 4.79 Å². The van der Waals surface area contributed by atoms with E-state index >= 15 is 0 Å². The molecule has 0 unspecified atom stereocenters. The van der Waals surface area contributed by atoms with Gasteiger partial charge in [-0.15, -0.1) is 12.4 Å². The molecule has 0 aliphatic heterocycles. The van der Waals surface area contributed by atoms with Crippen LogP contribution in [0.3, 0.4) is 0 Å². The molecular weight excluding hydrogens is 240 g/mol. The minimum atomic E-state index is 0. The van der Waals surface area contributed by atoms with Gasteiger partial charge in [0.15, 0.2) is 0 Å². The summed E-state index contributed by atoms with van der Waals surface area (Å²) in [5.74, 6) is 0.999. The number of hydrogen-bond acceptors (Lipinski definition) is 3. The lowest BCUT2D eigenvalue weighted by Gasteiger charge is -2.22. The number of nitrogens with zero attached hydrogens (tertiary/aromatic N) is 1. The normalized spacial score (nSPS) is 14.2. The van der Waals surface area contributed by atoms with Crippen molar-refractivity contribution in [1.29, 1.82) is 0 Å². The molecule has 1 rings (SSSR count). The van der Waals surface area contributed by atoms with E-state index in [2.05, 4.69) is 12.2 Å². The maximum atomic E-state index is 11.9. The van der Waals surface area contributed by atoms with Gasteiger partial charge in [-0.1, -0.05) is 6.92 Å². The van der Waals surface area contributed by atoms with Gasteiger partial charge in [0.25, 0.3) is 0 Å². The van der Waals surface area contributed by atoms with Gasteiger partial charge in [0.05, 0.1) is 13.2 Å². The molecule has 1 fully saturated rings. The van der Waals surface area contributed by atoms with Gasteiger partial charge in [0, 0.05) is 26.7 Å². The quantitative estimate of drug-likeness (QED) is 0.638. The summed E-state index contributed by atoms with van der Waals surface area (Å²) in [4.78, 5) is 13.9. The van der Waals surface area contributed by atoms with E-state index in [0.717, 1.165) is 32.0 Å². The molecular formula is C12H25ClN2O2. The van der Waals surface area contributed by atoms with Crippen molar-refractivity contribution in [3.63, 3.8) is 0 Å². The van der Waals surface area contributed by atoms with E-state index in [1.54, 1.807) is 7.11 Å². The zero-order chi connectivity index (χ0) is 11.8. The molecule has 0 radical (unpaired) electrons. The first kappa shape index (κ1) is 16.7. The molecule has 1 N–H and O–H groups in total. The molecule has 5 heteroatoms. The minimum Gasteiger partial charge on any atom is -0.383 e. The van der Waals surface area contributed by atoms with Crippen molar-refractivity contribution in [3.8, 4) is 0 Å². The SMILES string of the molecule is CCCN(CC1CC1)C(=O)CNCCOC.Cl. The third-order valence-corrected chi connectivity index (χ3v) is 2.78. The van der Waals surface area contributed by atoms with Gasteiger partial charge in [-0.25, -0.2) is 0 Å². The topological polar surface area (TPSA) is 41.6 Å². The number of methoxy groups -OCH3 is 1. The van der Waals surface area contributed by atoms with Crippen LogP contribution in [0.1, 0.15) is 26.2 Å². The predicted molar refractivity (Wildman–Crippen MR) is 71.6 cm³/mol. The van der Waals surface area contributed by atoms with Gasteiger partial charge in [0.2, 0.25) is 5.91 Å². The molecule has 4 nitrogen and oxygen atoms in total. The van der Waals surface area contributed by atoms with Gasteiger partial charge < -0.3 is 15.0 Å². The molecule has 0 spiro atoms. The first-order valence-electron chi connectivity index (χ1n) is 6.25. The largest absolute Gasteiger partial charge is 0.383 e. The summed E-state index contributed by atoms with van der Waals surface area (Å²) in [5.41, 5.74) is 0. The molecule has 0 atom stereocenters. The van der Waals surface area contributed by atoms with E-state index in [1.807, 2.05) is 4.90 Å². The van der Waals surface area contributed by atoms with Crippen LogP contribution < -0.4 is 5.32 Å². The van der Waals surface area contributed by atoms with E-state index in [4.69, 9.17) is 4.74 Å². The second-order valence-corrected chi connectivity index (χ2v) is 4.45. The summed E-state index contributed by atoms with van der Waals surface area (Å²) in [6.07, 6.45) is 3.63. The number of amides is 1. The van der Waals surface area contributed by atoms with Crippen molar-refractivity contribution in [2.45, 2.75) is 26.2 Å². The fourth-order valence-electron chi connectivity index (χ4n) is 1.68. The third-order valence-electron chi connectivity index (χ3n) is 2.78. The summed E-state index contributed by atoms with van der Waals surface area (Å²) in [7, 11) is 1.67. The first-order valence-corrected chi connectivity index (χ1v) is 6.25. The Morgan fingerprint density at radius 3 is 2.71 bits per heavy atom. The van der Waals surface area contributed by atoms with Crippen LogP contribution in [-0.2, 0) is 9.53 Å². The number of ether oxygens (including phenoxy) is 1. The van der Waals surface area contributed by atoms with Crippen LogP contribution in [0, 0.1) is 5.92 Å². The van der Waals surface area contributed by atoms with Crippen molar-refractivity contribution in [2.24, 2.45) is 5.92 Å². The summed E-state index contributed by atoms with van der Waals surface area (Å²) < 4.78 is 4.92. The zero-order valence-corrected chi connectivity index (χ0v) is 11.7. The highest BCUT2D eigenvalue weighted by molar-refractivity contribution is 5.85.